The molecule has 2 heteroatoms. The third-order valence-electron chi connectivity index (χ3n) is 4.13. The molecule has 0 fully saturated rings. The van der Waals surface area contributed by atoms with Crippen LogP contribution in [-0.2, 0) is 6.42 Å². The second kappa shape index (κ2) is 12.0. The Bertz CT molecular complexity index is 294. The van der Waals surface area contributed by atoms with Gasteiger partial charge in [0.1, 0.15) is 0 Å². The molecule has 1 aromatic rings. The molecule has 0 aromatic carbocycles. The fraction of sp³-hybridized carbons (Fsp3) is 0.778. The average molecular weight is 279 g/mol. The van der Waals surface area contributed by atoms with E-state index in [2.05, 4.69) is 25.4 Å². The van der Waals surface area contributed by atoms with Gasteiger partial charge in [0.05, 0.1) is 12.5 Å². The Morgan fingerprint density at radius 1 is 1.00 bits per heavy atom. The van der Waals surface area contributed by atoms with Gasteiger partial charge < -0.3 is 9.73 Å². The summed E-state index contributed by atoms with van der Waals surface area (Å²) >= 11 is 0. The molecule has 1 N–H and O–H groups in total. The van der Waals surface area contributed by atoms with Crippen LogP contribution >= 0.6 is 0 Å². The molecule has 0 spiro atoms. The quantitative estimate of drug-likeness (QED) is 0.494. The van der Waals surface area contributed by atoms with E-state index in [1.165, 1.54) is 69.8 Å². The number of unbranched alkanes of at least 4 members (excludes halogenated alkanes) is 8. The van der Waals surface area contributed by atoms with Crippen LogP contribution in [0.3, 0.4) is 0 Å². The normalized spacial score (nSPS) is 12.7. The largest absolute Gasteiger partial charge is 0.472 e. The Morgan fingerprint density at radius 2 is 1.65 bits per heavy atom. The van der Waals surface area contributed by atoms with E-state index >= 15 is 0 Å². The van der Waals surface area contributed by atoms with Gasteiger partial charge in [0.2, 0.25) is 0 Å². The molecule has 2 nitrogen and oxygen atoms in total. The molecule has 0 radical (unpaired) electrons. The minimum atomic E-state index is 0.595. The van der Waals surface area contributed by atoms with Crippen LogP contribution in [-0.4, -0.2) is 13.1 Å². The maximum Gasteiger partial charge on any atom is 0.0935 e. The zero-order valence-corrected chi connectivity index (χ0v) is 13.5. The minimum Gasteiger partial charge on any atom is -0.472 e. The maximum atomic E-state index is 5.13. The molecule has 0 saturated heterocycles. The summed E-state index contributed by atoms with van der Waals surface area (Å²) in [6.45, 7) is 2.28. The summed E-state index contributed by atoms with van der Waals surface area (Å²) in [7, 11) is 2.07. The van der Waals surface area contributed by atoms with Crippen LogP contribution in [0.25, 0.3) is 0 Å². The van der Waals surface area contributed by atoms with Crippen LogP contribution in [0.1, 0.15) is 76.7 Å². The molecule has 1 aromatic heterocycles. The molecule has 0 aliphatic carbocycles. The van der Waals surface area contributed by atoms with Crippen molar-refractivity contribution < 1.29 is 4.42 Å². The van der Waals surface area contributed by atoms with Crippen molar-refractivity contribution in [3.05, 3.63) is 24.2 Å². The first-order chi connectivity index (χ1) is 9.86. The summed E-state index contributed by atoms with van der Waals surface area (Å²) in [6, 6.07) is 2.66. The van der Waals surface area contributed by atoms with E-state index in [0.717, 1.165) is 6.42 Å². The van der Waals surface area contributed by atoms with Crippen molar-refractivity contribution >= 4 is 0 Å². The van der Waals surface area contributed by atoms with Gasteiger partial charge in [-0.3, -0.25) is 0 Å². The highest BCUT2D eigenvalue weighted by atomic mass is 16.3. The van der Waals surface area contributed by atoms with Crippen molar-refractivity contribution in [2.45, 2.75) is 83.6 Å². The Kier molecular flexibility index (Phi) is 10.4. The van der Waals surface area contributed by atoms with E-state index in [0.29, 0.717) is 6.04 Å². The summed E-state index contributed by atoms with van der Waals surface area (Å²) in [5, 5.41) is 3.42. The van der Waals surface area contributed by atoms with E-state index in [1.54, 1.807) is 6.26 Å². The summed E-state index contributed by atoms with van der Waals surface area (Å²) < 4.78 is 5.13. The first-order valence-corrected chi connectivity index (χ1v) is 8.55. The highest BCUT2D eigenvalue weighted by molar-refractivity contribution is 5.07. The van der Waals surface area contributed by atoms with Crippen molar-refractivity contribution in [1.29, 1.82) is 0 Å². The second-order valence-electron chi connectivity index (χ2n) is 5.94. The fourth-order valence-corrected chi connectivity index (χ4v) is 2.74. The van der Waals surface area contributed by atoms with E-state index in [4.69, 9.17) is 4.42 Å². The van der Waals surface area contributed by atoms with Gasteiger partial charge in [-0.2, -0.15) is 0 Å². The Balaban J connectivity index is 1.93. The zero-order valence-electron chi connectivity index (χ0n) is 13.5. The lowest BCUT2D eigenvalue weighted by molar-refractivity contribution is 0.474. The first kappa shape index (κ1) is 17.3. The lowest BCUT2D eigenvalue weighted by Gasteiger charge is -2.14. The highest BCUT2D eigenvalue weighted by Crippen LogP contribution is 2.13. The van der Waals surface area contributed by atoms with Gasteiger partial charge in [0.25, 0.3) is 0 Å². The summed E-state index contributed by atoms with van der Waals surface area (Å²) in [4.78, 5) is 0. The zero-order chi connectivity index (χ0) is 14.5. The van der Waals surface area contributed by atoms with Gasteiger partial charge in [-0.1, -0.05) is 64.7 Å². The van der Waals surface area contributed by atoms with Gasteiger partial charge in [0, 0.05) is 6.04 Å². The first-order valence-electron chi connectivity index (χ1n) is 8.55. The van der Waals surface area contributed by atoms with Crippen LogP contribution in [0, 0.1) is 0 Å². The molecule has 1 heterocycles. The number of rotatable bonds is 13. The van der Waals surface area contributed by atoms with Gasteiger partial charge >= 0.3 is 0 Å². The predicted octanol–water partition coefficient (Wildman–Crippen LogP) is 5.33. The summed E-state index contributed by atoms with van der Waals surface area (Å²) in [5.74, 6) is 0. The molecule has 0 amide bonds. The van der Waals surface area contributed by atoms with Gasteiger partial charge in [-0.25, -0.2) is 0 Å². The predicted molar refractivity (Wildman–Crippen MR) is 87.1 cm³/mol. The van der Waals surface area contributed by atoms with Crippen molar-refractivity contribution in [1.82, 2.24) is 5.32 Å². The van der Waals surface area contributed by atoms with Crippen molar-refractivity contribution in [2.24, 2.45) is 0 Å². The summed E-state index contributed by atoms with van der Waals surface area (Å²) in [6.07, 6.45) is 18.6. The minimum absolute atomic E-state index is 0.595. The van der Waals surface area contributed by atoms with Crippen molar-refractivity contribution in [3.63, 3.8) is 0 Å². The second-order valence-corrected chi connectivity index (χ2v) is 5.94. The average Bonchev–Trinajstić information content (AvgIpc) is 2.97. The molecule has 1 unspecified atom stereocenters. The molecule has 20 heavy (non-hydrogen) atoms. The fourth-order valence-electron chi connectivity index (χ4n) is 2.74. The monoisotopic (exact) mass is 279 g/mol. The van der Waals surface area contributed by atoms with Crippen LogP contribution in [0.2, 0.25) is 0 Å². The number of hydrogen-bond acceptors (Lipinski definition) is 2. The standard InChI is InChI=1S/C18H33NO/c1-3-4-5-6-7-8-9-10-11-12-18(19-2)15-17-13-14-20-16-17/h13-14,16,18-19H,3-12,15H2,1-2H3. The van der Waals surface area contributed by atoms with Crippen molar-refractivity contribution in [3.8, 4) is 0 Å². The van der Waals surface area contributed by atoms with E-state index in [-0.39, 0.29) is 0 Å². The number of furan rings is 1. The van der Waals surface area contributed by atoms with Gasteiger partial charge in [-0.05, 0) is 31.5 Å². The van der Waals surface area contributed by atoms with Crippen LogP contribution in [0.5, 0.6) is 0 Å². The van der Waals surface area contributed by atoms with Gasteiger partial charge in [-0.15, -0.1) is 0 Å². The molecule has 1 atom stereocenters. The molecular formula is C18H33NO. The summed E-state index contributed by atoms with van der Waals surface area (Å²) in [5.41, 5.74) is 1.31. The topological polar surface area (TPSA) is 25.2 Å². The SMILES string of the molecule is CCCCCCCCCCCC(Cc1ccoc1)NC. The highest BCUT2D eigenvalue weighted by Gasteiger charge is 2.07. The Morgan fingerprint density at radius 3 is 2.20 bits per heavy atom. The smallest absolute Gasteiger partial charge is 0.0935 e. The third-order valence-corrected chi connectivity index (χ3v) is 4.13. The van der Waals surface area contributed by atoms with E-state index < -0.39 is 0 Å². The molecule has 0 saturated carbocycles. The molecular weight excluding hydrogens is 246 g/mol. The van der Waals surface area contributed by atoms with Crippen molar-refractivity contribution in [2.75, 3.05) is 7.05 Å². The Labute approximate surface area is 125 Å². The van der Waals surface area contributed by atoms with E-state index in [1.807, 2.05) is 6.26 Å². The molecule has 0 aliphatic heterocycles. The van der Waals surface area contributed by atoms with Crippen LogP contribution < -0.4 is 5.32 Å². The lowest BCUT2D eigenvalue weighted by Crippen LogP contribution is -2.27. The number of hydrogen-bond donors (Lipinski definition) is 1. The molecule has 116 valence electrons. The van der Waals surface area contributed by atoms with Gasteiger partial charge in [0.15, 0.2) is 0 Å². The van der Waals surface area contributed by atoms with Crippen LogP contribution in [0.4, 0.5) is 0 Å². The molecule has 1 rings (SSSR count). The lowest BCUT2D eigenvalue weighted by atomic mass is 10.0. The van der Waals surface area contributed by atoms with Crippen LogP contribution in [0.15, 0.2) is 23.0 Å². The number of nitrogens with one attached hydrogen (secondary N) is 1. The van der Waals surface area contributed by atoms with E-state index in [9.17, 15) is 0 Å². The Hall–Kier alpha value is -0.760. The molecule has 0 bridgehead atoms. The number of likely N-dealkylation sites (N-methyl/N-ethyl adjacent to an activating group) is 1. The maximum absolute atomic E-state index is 5.13. The third kappa shape index (κ3) is 8.42. The molecule has 0 aliphatic rings.